The van der Waals surface area contributed by atoms with Crippen molar-refractivity contribution in [3.63, 3.8) is 0 Å². The van der Waals surface area contributed by atoms with Crippen molar-refractivity contribution < 1.29 is 0 Å². The van der Waals surface area contributed by atoms with Crippen molar-refractivity contribution in [2.24, 2.45) is 7.05 Å². The molecule has 0 saturated carbocycles. The van der Waals surface area contributed by atoms with Crippen molar-refractivity contribution in [1.29, 1.82) is 0 Å². The Morgan fingerprint density at radius 2 is 2.24 bits per heavy atom. The third-order valence-electron chi connectivity index (χ3n) is 3.82. The van der Waals surface area contributed by atoms with Crippen LogP contribution >= 0.6 is 15.9 Å². The van der Waals surface area contributed by atoms with Crippen LogP contribution in [0.25, 0.3) is 0 Å². The lowest BCUT2D eigenvalue weighted by Gasteiger charge is -2.17. The average molecular weight is 352 g/mol. The first-order valence-corrected chi connectivity index (χ1v) is 7.90. The first-order chi connectivity index (χ1) is 10.1. The summed E-state index contributed by atoms with van der Waals surface area (Å²) in [5, 5.41) is 12.2. The van der Waals surface area contributed by atoms with Crippen LogP contribution in [0.1, 0.15) is 29.6 Å². The summed E-state index contributed by atoms with van der Waals surface area (Å²) in [5.74, 6) is 0. The van der Waals surface area contributed by atoms with E-state index in [4.69, 9.17) is 0 Å². The molecule has 1 aliphatic rings. The number of nitrogens with zero attached hydrogens (tertiary/aromatic N) is 4. The predicted molar refractivity (Wildman–Crippen MR) is 83.3 cm³/mol. The number of aryl methyl sites for hydroxylation is 2. The molecular formula is C14H18BrN5O. The number of hydrogen-bond acceptors (Lipinski definition) is 4. The summed E-state index contributed by atoms with van der Waals surface area (Å²) in [5.41, 5.74) is 3.94. The standard InChI is InChI=1S/C14H18BrN5O/c1-3-10-14(15)12(19(2)17-10)8-20-13(21)6-9-7-16-5-4-11(9)18-20/h6,16H,3-5,7-8H2,1-2H3. The van der Waals surface area contributed by atoms with Gasteiger partial charge in [0.15, 0.2) is 0 Å². The van der Waals surface area contributed by atoms with E-state index in [1.807, 2.05) is 11.7 Å². The maximum absolute atomic E-state index is 12.2. The molecule has 3 rings (SSSR count). The van der Waals surface area contributed by atoms with Gasteiger partial charge in [0.25, 0.3) is 5.56 Å². The number of rotatable bonds is 3. The van der Waals surface area contributed by atoms with Crippen molar-refractivity contribution >= 4 is 15.9 Å². The molecule has 0 amide bonds. The summed E-state index contributed by atoms with van der Waals surface area (Å²) in [7, 11) is 1.90. The summed E-state index contributed by atoms with van der Waals surface area (Å²) in [6, 6.07) is 1.69. The molecule has 0 bridgehead atoms. The van der Waals surface area contributed by atoms with Gasteiger partial charge in [-0.25, -0.2) is 4.68 Å². The lowest BCUT2D eigenvalue weighted by Crippen LogP contribution is -2.32. The van der Waals surface area contributed by atoms with Gasteiger partial charge in [0.05, 0.1) is 28.1 Å². The highest BCUT2D eigenvalue weighted by molar-refractivity contribution is 9.10. The largest absolute Gasteiger partial charge is 0.312 e. The highest BCUT2D eigenvalue weighted by Crippen LogP contribution is 2.22. The van der Waals surface area contributed by atoms with Crippen LogP contribution in [0.3, 0.4) is 0 Å². The molecule has 1 N–H and O–H groups in total. The van der Waals surface area contributed by atoms with Gasteiger partial charge in [0.1, 0.15) is 0 Å². The molecule has 7 heteroatoms. The Morgan fingerprint density at radius 3 is 2.95 bits per heavy atom. The maximum Gasteiger partial charge on any atom is 0.267 e. The smallest absolute Gasteiger partial charge is 0.267 e. The average Bonchev–Trinajstić information content (AvgIpc) is 2.75. The third kappa shape index (κ3) is 2.67. The minimum atomic E-state index is -0.0661. The van der Waals surface area contributed by atoms with Crippen LogP contribution in [0.4, 0.5) is 0 Å². The Bertz CT molecular complexity index is 734. The molecule has 0 aromatic carbocycles. The van der Waals surface area contributed by atoms with E-state index in [1.54, 1.807) is 6.07 Å². The first kappa shape index (κ1) is 14.5. The molecule has 0 atom stereocenters. The van der Waals surface area contributed by atoms with Gasteiger partial charge < -0.3 is 5.32 Å². The zero-order valence-corrected chi connectivity index (χ0v) is 13.8. The summed E-state index contributed by atoms with van der Waals surface area (Å²) >= 11 is 3.58. The number of halogens is 1. The first-order valence-electron chi connectivity index (χ1n) is 7.11. The number of fused-ring (bicyclic) bond motifs is 1. The van der Waals surface area contributed by atoms with Crippen LogP contribution in [-0.2, 0) is 33.0 Å². The highest BCUT2D eigenvalue weighted by atomic mass is 79.9. The molecule has 6 nitrogen and oxygen atoms in total. The topological polar surface area (TPSA) is 64.7 Å². The summed E-state index contributed by atoms with van der Waals surface area (Å²) in [6.07, 6.45) is 1.72. The molecule has 1 aliphatic heterocycles. The fraction of sp³-hybridized carbons (Fsp3) is 0.500. The van der Waals surface area contributed by atoms with E-state index in [1.165, 1.54) is 4.68 Å². The lowest BCUT2D eigenvalue weighted by molar-refractivity contribution is 0.544. The van der Waals surface area contributed by atoms with Gasteiger partial charge in [-0.3, -0.25) is 9.48 Å². The molecule has 112 valence electrons. The van der Waals surface area contributed by atoms with Crippen LogP contribution in [0.5, 0.6) is 0 Å². The van der Waals surface area contributed by atoms with E-state index in [2.05, 4.69) is 38.4 Å². The zero-order chi connectivity index (χ0) is 15.0. The Morgan fingerprint density at radius 1 is 1.43 bits per heavy atom. The Balaban J connectivity index is 1.99. The second-order valence-corrected chi connectivity index (χ2v) is 6.02. The van der Waals surface area contributed by atoms with Crippen molar-refractivity contribution in [3.05, 3.63) is 43.5 Å². The van der Waals surface area contributed by atoms with Gasteiger partial charge in [-0.2, -0.15) is 10.2 Å². The summed E-state index contributed by atoms with van der Waals surface area (Å²) < 4.78 is 4.32. The molecule has 0 saturated heterocycles. The van der Waals surface area contributed by atoms with Gasteiger partial charge in [-0.15, -0.1) is 0 Å². The molecular weight excluding hydrogens is 334 g/mol. The predicted octanol–water partition coefficient (Wildman–Crippen LogP) is 0.996. The van der Waals surface area contributed by atoms with Crippen LogP contribution in [0.2, 0.25) is 0 Å². The number of nitrogens with one attached hydrogen (secondary N) is 1. The monoisotopic (exact) mass is 351 g/mol. The van der Waals surface area contributed by atoms with Crippen molar-refractivity contribution in [1.82, 2.24) is 24.9 Å². The lowest BCUT2D eigenvalue weighted by atomic mass is 10.1. The fourth-order valence-electron chi connectivity index (χ4n) is 2.61. The molecule has 21 heavy (non-hydrogen) atoms. The number of aromatic nitrogens is 4. The van der Waals surface area contributed by atoms with E-state index in [-0.39, 0.29) is 5.56 Å². The maximum atomic E-state index is 12.2. The van der Waals surface area contributed by atoms with Crippen LogP contribution in [0, 0.1) is 0 Å². The summed E-state index contributed by atoms with van der Waals surface area (Å²) in [6.45, 7) is 4.14. The number of hydrogen-bond donors (Lipinski definition) is 1. The Labute approximate surface area is 131 Å². The van der Waals surface area contributed by atoms with Gasteiger partial charge in [-0.1, -0.05) is 6.92 Å². The van der Waals surface area contributed by atoms with E-state index >= 15 is 0 Å². The van der Waals surface area contributed by atoms with Crippen molar-refractivity contribution in [2.75, 3.05) is 6.54 Å². The minimum Gasteiger partial charge on any atom is -0.312 e. The van der Waals surface area contributed by atoms with Gasteiger partial charge in [0.2, 0.25) is 0 Å². The molecule has 0 radical (unpaired) electrons. The quantitative estimate of drug-likeness (QED) is 0.895. The Hall–Kier alpha value is -1.47. The molecule has 0 spiro atoms. The minimum absolute atomic E-state index is 0.0661. The zero-order valence-electron chi connectivity index (χ0n) is 12.2. The van der Waals surface area contributed by atoms with Crippen molar-refractivity contribution in [2.45, 2.75) is 32.9 Å². The SMILES string of the molecule is CCc1nn(C)c(Cn2nc3c(cc2=O)CNCC3)c1Br. The van der Waals surface area contributed by atoms with Crippen LogP contribution < -0.4 is 10.9 Å². The molecule has 2 aromatic rings. The van der Waals surface area contributed by atoms with Gasteiger partial charge >= 0.3 is 0 Å². The van der Waals surface area contributed by atoms with Crippen LogP contribution in [0.15, 0.2) is 15.3 Å². The fourth-order valence-corrected chi connectivity index (χ4v) is 3.35. The van der Waals surface area contributed by atoms with E-state index in [0.717, 1.165) is 53.0 Å². The summed E-state index contributed by atoms with van der Waals surface area (Å²) in [4.78, 5) is 12.2. The molecule has 2 aromatic heterocycles. The molecule has 3 heterocycles. The molecule has 0 unspecified atom stereocenters. The Kier molecular flexibility index (Phi) is 3.95. The van der Waals surface area contributed by atoms with Gasteiger partial charge in [0, 0.05) is 32.6 Å². The second kappa shape index (κ2) is 5.73. The van der Waals surface area contributed by atoms with E-state index < -0.39 is 0 Å². The van der Waals surface area contributed by atoms with Crippen LogP contribution in [-0.4, -0.2) is 26.1 Å². The highest BCUT2D eigenvalue weighted by Gasteiger charge is 2.16. The molecule has 0 aliphatic carbocycles. The van der Waals surface area contributed by atoms with E-state index in [9.17, 15) is 4.79 Å². The molecule has 0 fully saturated rings. The van der Waals surface area contributed by atoms with E-state index in [0.29, 0.717) is 6.54 Å². The third-order valence-corrected chi connectivity index (χ3v) is 4.74. The normalized spacial score (nSPS) is 14.2. The second-order valence-electron chi connectivity index (χ2n) is 5.22. The van der Waals surface area contributed by atoms with Gasteiger partial charge in [-0.05, 0) is 27.9 Å². The van der Waals surface area contributed by atoms with Crippen molar-refractivity contribution in [3.8, 4) is 0 Å².